The molecule has 0 bridgehead atoms. The van der Waals surface area contributed by atoms with Crippen molar-refractivity contribution in [2.75, 3.05) is 27.8 Å². The number of hydrogen-bond acceptors (Lipinski definition) is 7. The van der Waals surface area contributed by atoms with Crippen LogP contribution < -0.4 is 5.73 Å². The fourth-order valence-electron chi connectivity index (χ4n) is 6.47. The van der Waals surface area contributed by atoms with Crippen molar-refractivity contribution in [1.29, 1.82) is 0 Å². The van der Waals surface area contributed by atoms with E-state index in [1.165, 1.54) is 7.11 Å². The van der Waals surface area contributed by atoms with Gasteiger partial charge in [-0.1, -0.05) is 71.4 Å². The molecule has 0 spiro atoms. The maximum Gasteiger partial charge on any atom is 0.329 e. The Morgan fingerprint density at radius 3 is 2.20 bits per heavy atom. The number of likely N-dealkylation sites (tertiary alicyclic amines) is 1. The van der Waals surface area contributed by atoms with Crippen LogP contribution in [0.15, 0.2) is 30.3 Å². The Morgan fingerprint density at radius 2 is 1.69 bits per heavy atom. The SMILES string of the molecule is CC[C@H](C)[C@@H]([C@@H](CC(=O)N1CCC[C@H]1[C@H](OC)[C@@H](C)C(=O)C[C@@H](Cc1ccccc1)P(=O)(O)O)OC)N(C)C(=O)[C@@H](N)C(C)C. The number of Topliss-reactive ketones (excluding diaryl/α,β-unsaturated/α-hetero) is 1. The first-order chi connectivity index (χ1) is 21.1. The maximum absolute atomic E-state index is 13.9. The molecule has 4 N–H and O–H groups in total. The van der Waals surface area contributed by atoms with E-state index in [0.29, 0.717) is 13.0 Å². The highest BCUT2D eigenvalue weighted by molar-refractivity contribution is 7.52. The molecule has 0 aromatic heterocycles. The number of ketones is 1. The number of likely N-dealkylation sites (N-methyl/N-ethyl adjacent to an activating group) is 1. The lowest BCUT2D eigenvalue weighted by atomic mass is 9.88. The van der Waals surface area contributed by atoms with Gasteiger partial charge in [-0.05, 0) is 36.7 Å². The maximum atomic E-state index is 13.9. The lowest BCUT2D eigenvalue weighted by Crippen LogP contribution is -2.56. The normalized spacial score (nSPS) is 20.3. The van der Waals surface area contributed by atoms with Gasteiger partial charge in [0.05, 0.1) is 42.4 Å². The summed E-state index contributed by atoms with van der Waals surface area (Å²) in [6.45, 7) is 10.0. The third-order valence-corrected chi connectivity index (χ3v) is 10.9. The first kappa shape index (κ1) is 39.0. The zero-order chi connectivity index (χ0) is 34.1. The lowest BCUT2D eigenvalue weighted by molar-refractivity contribution is -0.146. The second kappa shape index (κ2) is 17.7. The topological polar surface area (TPSA) is 160 Å². The van der Waals surface area contributed by atoms with E-state index in [-0.39, 0.29) is 54.7 Å². The highest BCUT2D eigenvalue weighted by Crippen LogP contribution is 2.45. The van der Waals surface area contributed by atoms with E-state index in [1.807, 2.05) is 33.8 Å². The first-order valence-corrected chi connectivity index (χ1v) is 17.8. The summed E-state index contributed by atoms with van der Waals surface area (Å²) < 4.78 is 24.1. The summed E-state index contributed by atoms with van der Waals surface area (Å²) in [5, 5.41) is 0. The van der Waals surface area contributed by atoms with E-state index in [2.05, 4.69) is 0 Å². The molecule has 12 heteroatoms. The number of rotatable bonds is 18. The Bertz CT molecular complexity index is 1150. The molecule has 1 heterocycles. The summed E-state index contributed by atoms with van der Waals surface area (Å²) in [7, 11) is 0.184. The summed E-state index contributed by atoms with van der Waals surface area (Å²) in [4.78, 5) is 64.1. The first-order valence-electron chi connectivity index (χ1n) is 16.1. The Balaban J connectivity index is 2.23. The van der Waals surface area contributed by atoms with Gasteiger partial charge in [-0.2, -0.15) is 0 Å². The van der Waals surface area contributed by atoms with E-state index in [4.69, 9.17) is 15.2 Å². The minimum Gasteiger partial charge on any atom is -0.379 e. The van der Waals surface area contributed by atoms with Crippen LogP contribution in [0.1, 0.15) is 72.3 Å². The number of carbonyl (C=O) groups is 3. The summed E-state index contributed by atoms with van der Waals surface area (Å²) >= 11 is 0. The van der Waals surface area contributed by atoms with E-state index < -0.39 is 43.5 Å². The van der Waals surface area contributed by atoms with Crippen LogP contribution >= 0.6 is 7.60 Å². The minimum atomic E-state index is -4.57. The molecular formula is C33H56N3O8P. The summed E-state index contributed by atoms with van der Waals surface area (Å²) in [6, 6.07) is 7.52. The number of nitrogens with zero attached hydrogens (tertiary/aromatic N) is 2. The van der Waals surface area contributed by atoms with Gasteiger partial charge in [-0.3, -0.25) is 18.9 Å². The van der Waals surface area contributed by atoms with Crippen LogP contribution in [0.5, 0.6) is 0 Å². The number of carbonyl (C=O) groups excluding carboxylic acids is 3. The van der Waals surface area contributed by atoms with Crippen LogP contribution in [0.3, 0.4) is 0 Å². The van der Waals surface area contributed by atoms with E-state index in [0.717, 1.165) is 18.4 Å². The van der Waals surface area contributed by atoms with Crippen LogP contribution in [0, 0.1) is 17.8 Å². The van der Waals surface area contributed by atoms with Gasteiger partial charge in [0.25, 0.3) is 0 Å². The molecule has 0 radical (unpaired) electrons. The fraction of sp³-hybridized carbons (Fsp3) is 0.727. The Kier molecular flexibility index (Phi) is 15.3. The molecule has 45 heavy (non-hydrogen) atoms. The highest BCUT2D eigenvalue weighted by Gasteiger charge is 2.43. The number of benzene rings is 1. The van der Waals surface area contributed by atoms with Crippen LogP contribution in [-0.4, -0.2) is 101 Å². The number of methoxy groups -OCH3 is 2. The molecule has 2 amide bonds. The van der Waals surface area contributed by atoms with Gasteiger partial charge in [-0.25, -0.2) is 0 Å². The van der Waals surface area contributed by atoms with E-state index >= 15 is 0 Å². The standard InChI is InChI=1S/C33H56N3O8P/c1-9-22(4)31(35(6)33(39)30(34)21(2)3)28(43-7)20-29(38)36-17-13-16-26(36)32(44-8)23(5)27(37)19-25(45(40,41)42)18-24-14-11-10-12-15-24/h10-12,14-15,21-23,25-26,28,30-32H,9,13,16-20,34H2,1-8H3,(H2,40,41,42)/t22-,23-,25+,26-,28+,30-,31-,32+/m0/s1. The third kappa shape index (κ3) is 10.4. The van der Waals surface area contributed by atoms with Crippen molar-refractivity contribution >= 4 is 25.2 Å². The molecule has 1 aliphatic rings. The van der Waals surface area contributed by atoms with Crippen molar-refractivity contribution in [3.8, 4) is 0 Å². The van der Waals surface area contributed by atoms with Crippen LogP contribution in [-0.2, 0) is 34.8 Å². The van der Waals surface area contributed by atoms with Crippen molar-refractivity contribution in [3.05, 3.63) is 35.9 Å². The molecule has 0 unspecified atom stereocenters. The molecule has 11 nitrogen and oxygen atoms in total. The summed E-state index contributed by atoms with van der Waals surface area (Å²) in [5.41, 5.74) is 5.79. The van der Waals surface area contributed by atoms with Crippen LogP contribution in [0.4, 0.5) is 0 Å². The number of ether oxygens (including phenoxy) is 2. The predicted octanol–water partition coefficient (Wildman–Crippen LogP) is 3.64. The minimum absolute atomic E-state index is 0.0344. The molecule has 1 aromatic rings. The van der Waals surface area contributed by atoms with Crippen molar-refractivity contribution in [3.63, 3.8) is 0 Å². The van der Waals surface area contributed by atoms with Crippen molar-refractivity contribution in [1.82, 2.24) is 9.80 Å². The fourth-order valence-corrected chi connectivity index (χ4v) is 7.34. The molecule has 0 saturated carbocycles. The molecule has 1 saturated heterocycles. The predicted molar refractivity (Wildman–Crippen MR) is 175 cm³/mol. The second-order valence-corrected chi connectivity index (χ2v) is 14.9. The Labute approximate surface area is 269 Å². The summed E-state index contributed by atoms with van der Waals surface area (Å²) in [5.74, 6) is -1.39. The molecule has 2 rings (SSSR count). The molecule has 256 valence electrons. The average molecular weight is 654 g/mol. The number of amides is 2. The molecular weight excluding hydrogens is 597 g/mol. The molecule has 1 aromatic carbocycles. The Morgan fingerprint density at radius 1 is 1.07 bits per heavy atom. The third-order valence-electron chi connectivity index (χ3n) is 9.58. The quantitative estimate of drug-likeness (QED) is 0.201. The van der Waals surface area contributed by atoms with Gasteiger partial charge in [0.1, 0.15) is 5.78 Å². The van der Waals surface area contributed by atoms with Gasteiger partial charge < -0.3 is 34.8 Å². The van der Waals surface area contributed by atoms with Crippen LogP contribution in [0.25, 0.3) is 0 Å². The average Bonchev–Trinajstić information content (AvgIpc) is 3.49. The summed E-state index contributed by atoms with van der Waals surface area (Å²) in [6.07, 6.45) is 0.692. The number of nitrogens with two attached hydrogens (primary N) is 1. The van der Waals surface area contributed by atoms with Gasteiger partial charge in [0, 0.05) is 40.2 Å². The zero-order valence-electron chi connectivity index (χ0n) is 28.3. The highest BCUT2D eigenvalue weighted by atomic mass is 31.2. The monoisotopic (exact) mass is 653 g/mol. The molecule has 1 aliphatic heterocycles. The molecule has 8 atom stereocenters. The van der Waals surface area contributed by atoms with Crippen molar-refractivity contribution in [2.24, 2.45) is 23.5 Å². The van der Waals surface area contributed by atoms with E-state index in [9.17, 15) is 28.7 Å². The van der Waals surface area contributed by atoms with Gasteiger partial charge in [-0.15, -0.1) is 0 Å². The van der Waals surface area contributed by atoms with Gasteiger partial charge in [0.2, 0.25) is 11.8 Å². The lowest BCUT2D eigenvalue weighted by Gasteiger charge is -2.40. The zero-order valence-corrected chi connectivity index (χ0v) is 29.2. The van der Waals surface area contributed by atoms with Gasteiger partial charge in [0.15, 0.2) is 0 Å². The number of hydrogen-bond donors (Lipinski definition) is 3. The second-order valence-electron chi connectivity index (χ2n) is 13.0. The molecule has 0 aliphatic carbocycles. The van der Waals surface area contributed by atoms with Crippen molar-refractivity contribution < 1.29 is 38.2 Å². The van der Waals surface area contributed by atoms with Gasteiger partial charge >= 0.3 is 7.60 Å². The molecule has 1 fully saturated rings. The van der Waals surface area contributed by atoms with Crippen molar-refractivity contribution in [2.45, 2.75) is 109 Å². The van der Waals surface area contributed by atoms with Crippen LogP contribution in [0.2, 0.25) is 0 Å². The largest absolute Gasteiger partial charge is 0.379 e. The smallest absolute Gasteiger partial charge is 0.329 e. The Hall–Kier alpha value is -2.14. The van der Waals surface area contributed by atoms with E-state index in [1.54, 1.807) is 55.1 Å².